The third kappa shape index (κ3) is 4.02. The Bertz CT molecular complexity index is 652. The lowest BCUT2D eigenvalue weighted by Crippen LogP contribution is -2.25. The summed E-state index contributed by atoms with van der Waals surface area (Å²) in [4.78, 5) is 4.74. The predicted molar refractivity (Wildman–Crippen MR) is 91.2 cm³/mol. The van der Waals surface area contributed by atoms with Gasteiger partial charge in [0, 0.05) is 25.1 Å². The van der Waals surface area contributed by atoms with Gasteiger partial charge in [0.1, 0.15) is 11.6 Å². The summed E-state index contributed by atoms with van der Waals surface area (Å²) in [5, 5.41) is 3.42. The Morgan fingerprint density at radius 3 is 2.91 bits per heavy atom. The van der Waals surface area contributed by atoms with Crippen molar-refractivity contribution in [2.75, 3.05) is 13.2 Å². The maximum Gasteiger partial charge on any atom is 0.121 e. The zero-order valence-corrected chi connectivity index (χ0v) is 13.7. The van der Waals surface area contributed by atoms with E-state index in [-0.39, 0.29) is 0 Å². The highest BCUT2D eigenvalue weighted by molar-refractivity contribution is 5.78. The van der Waals surface area contributed by atoms with E-state index in [1.807, 2.05) is 18.2 Å². The number of rotatable bonds is 8. The van der Waals surface area contributed by atoms with Crippen molar-refractivity contribution in [1.29, 1.82) is 0 Å². The highest BCUT2D eigenvalue weighted by Crippen LogP contribution is 2.22. The third-order valence-electron chi connectivity index (χ3n) is 3.42. The average molecular weight is 299 g/mol. The number of nitrogens with zero attached hydrogens (tertiary/aromatic N) is 2. The van der Waals surface area contributed by atoms with Gasteiger partial charge in [-0.25, -0.2) is 4.98 Å². The zero-order valence-electron chi connectivity index (χ0n) is 13.7. The molecule has 0 aliphatic heterocycles. The molecule has 0 aliphatic carbocycles. The summed E-state index contributed by atoms with van der Waals surface area (Å²) in [5.74, 6) is 4.61. The Hall–Kier alpha value is -1.99. The van der Waals surface area contributed by atoms with Crippen LogP contribution >= 0.6 is 0 Å². The number of hydrogen-bond acceptors (Lipinski definition) is 3. The summed E-state index contributed by atoms with van der Waals surface area (Å²) >= 11 is 0. The molecule has 0 spiro atoms. The van der Waals surface area contributed by atoms with E-state index in [2.05, 4.69) is 36.6 Å². The van der Waals surface area contributed by atoms with Crippen LogP contribution in [-0.2, 0) is 13.0 Å². The summed E-state index contributed by atoms with van der Waals surface area (Å²) in [6, 6.07) is 6.50. The van der Waals surface area contributed by atoms with Crippen LogP contribution in [0.1, 0.15) is 33.0 Å². The molecular formula is C18H25N3O. The third-order valence-corrected chi connectivity index (χ3v) is 3.42. The minimum absolute atomic E-state index is 0.472. The Balaban J connectivity index is 2.25. The second-order valence-electron chi connectivity index (χ2n) is 5.68. The lowest BCUT2D eigenvalue weighted by molar-refractivity contribution is 0.318. The van der Waals surface area contributed by atoms with Crippen LogP contribution in [-0.4, -0.2) is 28.7 Å². The molecule has 1 N–H and O–H groups in total. The van der Waals surface area contributed by atoms with E-state index >= 15 is 0 Å². The second kappa shape index (κ2) is 7.86. The van der Waals surface area contributed by atoms with E-state index in [0.29, 0.717) is 12.6 Å². The van der Waals surface area contributed by atoms with Gasteiger partial charge in [0.25, 0.3) is 0 Å². The number of aromatic nitrogens is 2. The maximum absolute atomic E-state index is 5.68. The van der Waals surface area contributed by atoms with E-state index in [0.717, 1.165) is 48.6 Å². The van der Waals surface area contributed by atoms with Crippen molar-refractivity contribution in [3.8, 4) is 18.1 Å². The molecule has 0 fully saturated rings. The van der Waals surface area contributed by atoms with Gasteiger partial charge in [-0.2, -0.15) is 0 Å². The highest BCUT2D eigenvalue weighted by Gasteiger charge is 2.11. The summed E-state index contributed by atoms with van der Waals surface area (Å²) in [6.07, 6.45) is 7.37. The van der Waals surface area contributed by atoms with Crippen LogP contribution in [0, 0.1) is 12.3 Å². The Kier molecular flexibility index (Phi) is 5.85. The molecule has 2 aromatic rings. The van der Waals surface area contributed by atoms with Gasteiger partial charge in [-0.05, 0) is 18.6 Å². The predicted octanol–water partition coefficient (Wildman–Crippen LogP) is 3.00. The SMILES string of the molecule is C#CCn1c(CCNC(C)C)nc2cc(OCCC)ccc21. The summed E-state index contributed by atoms with van der Waals surface area (Å²) in [6.45, 7) is 8.54. The zero-order chi connectivity index (χ0) is 15.9. The molecule has 0 saturated heterocycles. The maximum atomic E-state index is 5.68. The van der Waals surface area contributed by atoms with Gasteiger partial charge < -0.3 is 14.6 Å². The molecule has 0 atom stereocenters. The Morgan fingerprint density at radius 1 is 1.41 bits per heavy atom. The number of fused-ring (bicyclic) bond motifs is 1. The fourth-order valence-corrected chi connectivity index (χ4v) is 2.40. The van der Waals surface area contributed by atoms with Gasteiger partial charge in [0.15, 0.2) is 0 Å². The van der Waals surface area contributed by atoms with E-state index in [9.17, 15) is 0 Å². The van der Waals surface area contributed by atoms with Crippen molar-refractivity contribution in [3.63, 3.8) is 0 Å². The lowest BCUT2D eigenvalue weighted by atomic mass is 10.3. The molecule has 0 radical (unpaired) electrons. The minimum atomic E-state index is 0.472. The summed E-state index contributed by atoms with van der Waals surface area (Å²) in [5.41, 5.74) is 2.02. The Labute approximate surface area is 132 Å². The van der Waals surface area contributed by atoms with Crippen LogP contribution in [0.5, 0.6) is 5.75 Å². The van der Waals surface area contributed by atoms with Crippen LogP contribution in [0.3, 0.4) is 0 Å². The van der Waals surface area contributed by atoms with Gasteiger partial charge in [-0.15, -0.1) is 6.42 Å². The smallest absolute Gasteiger partial charge is 0.121 e. The standard InChI is InChI=1S/C18H25N3O/c1-5-11-21-17-8-7-15(22-12-6-2)13-16(17)20-18(21)9-10-19-14(3)4/h1,7-8,13-14,19H,6,9-12H2,2-4H3. The van der Waals surface area contributed by atoms with E-state index < -0.39 is 0 Å². The molecule has 1 heterocycles. The van der Waals surface area contributed by atoms with Gasteiger partial charge in [0.2, 0.25) is 0 Å². The normalized spacial score (nSPS) is 11.0. The first-order valence-corrected chi connectivity index (χ1v) is 7.94. The molecule has 0 bridgehead atoms. The largest absolute Gasteiger partial charge is 0.494 e. The van der Waals surface area contributed by atoms with Crippen molar-refractivity contribution < 1.29 is 4.74 Å². The van der Waals surface area contributed by atoms with Gasteiger partial charge in [-0.1, -0.05) is 26.7 Å². The van der Waals surface area contributed by atoms with E-state index in [4.69, 9.17) is 16.1 Å². The van der Waals surface area contributed by atoms with Crippen LogP contribution < -0.4 is 10.1 Å². The lowest BCUT2D eigenvalue weighted by Gasteiger charge is -2.09. The topological polar surface area (TPSA) is 39.1 Å². The molecule has 4 heteroatoms. The molecule has 0 amide bonds. The van der Waals surface area contributed by atoms with Gasteiger partial charge in [0.05, 0.1) is 24.2 Å². The Morgan fingerprint density at radius 2 is 2.23 bits per heavy atom. The van der Waals surface area contributed by atoms with E-state index in [1.54, 1.807) is 0 Å². The molecule has 2 rings (SSSR count). The molecule has 0 aliphatic rings. The first-order valence-electron chi connectivity index (χ1n) is 7.94. The second-order valence-corrected chi connectivity index (χ2v) is 5.68. The molecule has 4 nitrogen and oxygen atoms in total. The number of benzene rings is 1. The molecular weight excluding hydrogens is 274 g/mol. The minimum Gasteiger partial charge on any atom is -0.494 e. The van der Waals surface area contributed by atoms with Crippen molar-refractivity contribution in [1.82, 2.24) is 14.9 Å². The molecule has 0 unspecified atom stereocenters. The number of nitrogens with one attached hydrogen (secondary N) is 1. The quantitative estimate of drug-likeness (QED) is 0.762. The molecule has 22 heavy (non-hydrogen) atoms. The van der Waals surface area contributed by atoms with Crippen molar-refractivity contribution in [3.05, 3.63) is 24.0 Å². The van der Waals surface area contributed by atoms with Crippen molar-refractivity contribution in [2.24, 2.45) is 0 Å². The van der Waals surface area contributed by atoms with Gasteiger partial charge >= 0.3 is 0 Å². The molecule has 118 valence electrons. The van der Waals surface area contributed by atoms with Crippen molar-refractivity contribution in [2.45, 2.75) is 46.2 Å². The molecule has 0 saturated carbocycles. The fourth-order valence-electron chi connectivity index (χ4n) is 2.40. The van der Waals surface area contributed by atoms with E-state index in [1.165, 1.54) is 0 Å². The van der Waals surface area contributed by atoms with Crippen LogP contribution in [0.4, 0.5) is 0 Å². The van der Waals surface area contributed by atoms with Gasteiger partial charge in [-0.3, -0.25) is 0 Å². The molecule has 1 aromatic heterocycles. The van der Waals surface area contributed by atoms with Crippen LogP contribution in [0.2, 0.25) is 0 Å². The summed E-state index contributed by atoms with van der Waals surface area (Å²) in [7, 11) is 0. The molecule has 1 aromatic carbocycles. The number of terminal acetylenes is 1. The number of imidazole rings is 1. The first kappa shape index (κ1) is 16.4. The average Bonchev–Trinajstić information content (AvgIpc) is 2.82. The van der Waals surface area contributed by atoms with Crippen LogP contribution in [0.15, 0.2) is 18.2 Å². The van der Waals surface area contributed by atoms with Crippen LogP contribution in [0.25, 0.3) is 11.0 Å². The number of ether oxygens (including phenoxy) is 1. The summed E-state index contributed by atoms with van der Waals surface area (Å²) < 4.78 is 7.80. The highest BCUT2D eigenvalue weighted by atomic mass is 16.5. The van der Waals surface area contributed by atoms with Crippen molar-refractivity contribution >= 4 is 11.0 Å². The monoisotopic (exact) mass is 299 g/mol. The number of hydrogen-bond donors (Lipinski definition) is 1. The fraction of sp³-hybridized carbons (Fsp3) is 0.500. The first-order chi connectivity index (χ1) is 10.7.